The van der Waals surface area contributed by atoms with Crippen LogP contribution in [-0.4, -0.2) is 37.6 Å². The monoisotopic (exact) mass is 462 g/mol. The van der Waals surface area contributed by atoms with Gasteiger partial charge in [-0.3, -0.25) is 10.1 Å². The minimum atomic E-state index is -1.29. The van der Waals surface area contributed by atoms with E-state index in [0.717, 1.165) is 18.3 Å². The van der Waals surface area contributed by atoms with E-state index in [1.54, 1.807) is 29.9 Å². The number of aryl methyl sites for hydroxylation is 1. The van der Waals surface area contributed by atoms with E-state index in [1.165, 1.54) is 13.2 Å². The van der Waals surface area contributed by atoms with Crippen LogP contribution in [0.1, 0.15) is 15.9 Å². The predicted octanol–water partition coefficient (Wildman–Crippen LogP) is 4.00. The number of carboxylic acid groups (broad SMARTS) is 1. The third-order valence-corrected chi connectivity index (χ3v) is 5.12. The molecular weight excluding hydrogens is 447 g/mol. The van der Waals surface area contributed by atoms with Gasteiger partial charge in [-0.05, 0) is 18.2 Å². The molecule has 2 heterocycles. The summed E-state index contributed by atoms with van der Waals surface area (Å²) in [6.45, 7) is 0. The maximum atomic E-state index is 14.0. The molecule has 11 nitrogen and oxygen atoms in total. The van der Waals surface area contributed by atoms with Crippen LogP contribution < -0.4 is 10.1 Å². The molecule has 0 unspecified atom stereocenters. The van der Waals surface area contributed by atoms with E-state index >= 15 is 0 Å². The molecule has 0 saturated heterocycles. The molecule has 0 bridgehead atoms. The normalized spacial score (nSPS) is 10.6. The van der Waals surface area contributed by atoms with Crippen molar-refractivity contribution in [3.05, 3.63) is 69.8 Å². The van der Waals surface area contributed by atoms with Crippen LogP contribution in [0.15, 0.2) is 42.7 Å². The summed E-state index contributed by atoms with van der Waals surface area (Å²) in [4.78, 5) is 30.5. The highest BCUT2D eigenvalue weighted by Crippen LogP contribution is 2.35. The maximum Gasteiger partial charge on any atom is 0.339 e. The van der Waals surface area contributed by atoms with Gasteiger partial charge in [-0.2, -0.15) is 9.65 Å². The number of ether oxygens (including phenoxy) is 1. The molecule has 2 aromatic carbocycles. The first kappa shape index (κ1) is 22.2. The molecule has 0 amide bonds. The van der Waals surface area contributed by atoms with Crippen molar-refractivity contribution < 1.29 is 24.0 Å². The van der Waals surface area contributed by atoms with E-state index in [0.29, 0.717) is 22.0 Å². The lowest BCUT2D eigenvalue weighted by atomic mass is 10.0. The summed E-state index contributed by atoms with van der Waals surface area (Å²) in [6, 6.07) is 8.77. The SMILES string of the molecule is COc1cc(F)c([N+](=O)[O-])cc1Nc1ncc(C(=O)O)c(-c2cc(C#N)cc3c2ccn3C)n1. The topological polar surface area (TPSA) is 156 Å². The number of methoxy groups -OCH3 is 1. The highest BCUT2D eigenvalue weighted by Gasteiger charge is 2.22. The molecular formula is C22H15FN6O5. The second kappa shape index (κ2) is 8.47. The molecule has 0 aliphatic carbocycles. The molecule has 0 spiro atoms. The van der Waals surface area contributed by atoms with Crippen LogP contribution >= 0.6 is 0 Å². The van der Waals surface area contributed by atoms with Gasteiger partial charge in [0.15, 0.2) is 0 Å². The van der Waals surface area contributed by atoms with Crippen molar-refractivity contribution in [2.75, 3.05) is 12.4 Å². The smallest absolute Gasteiger partial charge is 0.339 e. The largest absolute Gasteiger partial charge is 0.494 e. The number of benzene rings is 2. The summed E-state index contributed by atoms with van der Waals surface area (Å²) in [5, 5.41) is 33.7. The zero-order chi connectivity index (χ0) is 24.6. The van der Waals surface area contributed by atoms with Crippen LogP contribution in [0.2, 0.25) is 0 Å². The van der Waals surface area contributed by atoms with Gasteiger partial charge in [-0.1, -0.05) is 0 Å². The lowest BCUT2D eigenvalue weighted by molar-refractivity contribution is -0.387. The highest BCUT2D eigenvalue weighted by molar-refractivity contribution is 6.02. The second-order valence-corrected chi connectivity index (χ2v) is 7.14. The maximum absolute atomic E-state index is 14.0. The molecule has 0 aliphatic rings. The fourth-order valence-corrected chi connectivity index (χ4v) is 3.51. The van der Waals surface area contributed by atoms with E-state index in [-0.39, 0.29) is 28.6 Å². The third-order valence-electron chi connectivity index (χ3n) is 5.12. The van der Waals surface area contributed by atoms with E-state index < -0.39 is 22.4 Å². The van der Waals surface area contributed by atoms with Gasteiger partial charge in [0, 0.05) is 48.0 Å². The van der Waals surface area contributed by atoms with Crippen LogP contribution in [0.25, 0.3) is 22.2 Å². The Morgan fingerprint density at radius 2 is 2.12 bits per heavy atom. The Labute approximate surface area is 190 Å². The van der Waals surface area contributed by atoms with Crippen LogP contribution in [0, 0.1) is 27.3 Å². The fraction of sp³-hybridized carbons (Fsp3) is 0.0909. The number of rotatable bonds is 6. The number of hydrogen-bond acceptors (Lipinski definition) is 8. The summed E-state index contributed by atoms with van der Waals surface area (Å²) in [5.74, 6) is -2.55. The summed E-state index contributed by atoms with van der Waals surface area (Å²) >= 11 is 0. The van der Waals surface area contributed by atoms with Gasteiger partial charge in [0.05, 0.1) is 35.0 Å². The summed E-state index contributed by atoms with van der Waals surface area (Å²) in [7, 11) is 3.04. The lowest BCUT2D eigenvalue weighted by Crippen LogP contribution is -2.07. The van der Waals surface area contributed by atoms with E-state index in [9.17, 15) is 29.7 Å². The van der Waals surface area contributed by atoms with Crippen molar-refractivity contribution in [1.29, 1.82) is 5.26 Å². The van der Waals surface area contributed by atoms with Crippen LogP contribution in [-0.2, 0) is 7.05 Å². The van der Waals surface area contributed by atoms with Gasteiger partial charge in [0.25, 0.3) is 0 Å². The molecule has 34 heavy (non-hydrogen) atoms. The van der Waals surface area contributed by atoms with E-state index in [4.69, 9.17) is 4.74 Å². The van der Waals surface area contributed by atoms with Crippen LogP contribution in [0.4, 0.5) is 21.7 Å². The number of nitriles is 1. The molecule has 4 rings (SSSR count). The van der Waals surface area contributed by atoms with Gasteiger partial charge < -0.3 is 19.7 Å². The molecule has 0 saturated carbocycles. The second-order valence-electron chi connectivity index (χ2n) is 7.14. The van der Waals surface area contributed by atoms with Gasteiger partial charge in [-0.25, -0.2) is 14.8 Å². The Morgan fingerprint density at radius 1 is 1.35 bits per heavy atom. The number of halogens is 1. The lowest BCUT2D eigenvalue weighted by Gasteiger charge is -2.13. The molecule has 12 heteroatoms. The number of aromatic carboxylic acids is 1. The average Bonchev–Trinajstić information content (AvgIpc) is 3.19. The summed E-state index contributed by atoms with van der Waals surface area (Å²) in [6.07, 6.45) is 2.84. The zero-order valence-corrected chi connectivity index (χ0v) is 17.7. The van der Waals surface area contributed by atoms with Crippen molar-refractivity contribution in [3.63, 3.8) is 0 Å². The molecule has 0 radical (unpaired) electrons. The Balaban J connectivity index is 1.91. The minimum absolute atomic E-state index is 0.000239. The number of aromatic nitrogens is 3. The molecule has 0 aliphatic heterocycles. The predicted molar refractivity (Wildman–Crippen MR) is 119 cm³/mol. The summed E-state index contributed by atoms with van der Waals surface area (Å²) < 4.78 is 20.8. The number of hydrogen-bond donors (Lipinski definition) is 2. The van der Waals surface area contributed by atoms with Crippen molar-refractivity contribution in [2.24, 2.45) is 7.05 Å². The Kier molecular flexibility index (Phi) is 5.52. The number of fused-ring (bicyclic) bond motifs is 1. The molecule has 4 aromatic rings. The van der Waals surface area contributed by atoms with Crippen molar-refractivity contribution in [1.82, 2.24) is 14.5 Å². The number of anilines is 2. The number of nitro benzene ring substituents is 1. The van der Waals surface area contributed by atoms with Gasteiger partial charge in [0.1, 0.15) is 11.3 Å². The molecule has 0 fully saturated rings. The number of carboxylic acids is 1. The Morgan fingerprint density at radius 3 is 2.76 bits per heavy atom. The van der Waals surface area contributed by atoms with E-state index in [2.05, 4.69) is 21.4 Å². The molecule has 2 N–H and O–H groups in total. The van der Waals surface area contributed by atoms with Crippen LogP contribution in [0.3, 0.4) is 0 Å². The molecule has 2 aromatic heterocycles. The highest BCUT2D eigenvalue weighted by atomic mass is 19.1. The van der Waals surface area contributed by atoms with Gasteiger partial charge in [0.2, 0.25) is 11.8 Å². The van der Waals surface area contributed by atoms with Crippen molar-refractivity contribution >= 4 is 34.2 Å². The number of nitrogens with zero attached hydrogens (tertiary/aromatic N) is 5. The number of nitrogens with one attached hydrogen (secondary N) is 1. The molecule has 0 atom stereocenters. The average molecular weight is 462 g/mol. The Bertz CT molecular complexity index is 1520. The van der Waals surface area contributed by atoms with Crippen molar-refractivity contribution in [3.8, 4) is 23.1 Å². The first-order chi connectivity index (χ1) is 16.2. The van der Waals surface area contributed by atoms with Crippen LogP contribution in [0.5, 0.6) is 5.75 Å². The fourth-order valence-electron chi connectivity index (χ4n) is 3.51. The number of carbonyl (C=O) groups is 1. The standard InChI is InChI=1S/C22H15FN6O5/c1-28-4-3-12-13(5-11(9-24)6-17(12)28)20-14(21(30)31)10-25-22(27-20)26-16-8-18(29(32)33)15(23)7-19(16)34-2/h3-8,10H,1-2H3,(H,30,31)(H,25,26,27). The first-order valence-corrected chi connectivity index (χ1v) is 9.62. The summed E-state index contributed by atoms with van der Waals surface area (Å²) in [5.41, 5.74) is 0.379. The number of nitro groups is 1. The third kappa shape index (κ3) is 3.82. The van der Waals surface area contributed by atoms with Gasteiger partial charge >= 0.3 is 11.7 Å². The first-order valence-electron chi connectivity index (χ1n) is 9.62. The Hall–Kier alpha value is -5.05. The minimum Gasteiger partial charge on any atom is -0.494 e. The quantitative estimate of drug-likeness (QED) is 0.319. The van der Waals surface area contributed by atoms with E-state index in [1.807, 2.05) is 0 Å². The molecule has 170 valence electrons. The van der Waals surface area contributed by atoms with Crippen molar-refractivity contribution in [2.45, 2.75) is 0 Å². The van der Waals surface area contributed by atoms with Gasteiger partial charge in [-0.15, -0.1) is 0 Å². The zero-order valence-electron chi connectivity index (χ0n) is 17.7.